The highest BCUT2D eigenvalue weighted by Gasteiger charge is 2.23. The summed E-state index contributed by atoms with van der Waals surface area (Å²) in [5.41, 5.74) is 0. The monoisotopic (exact) mass is 199 g/mol. The molecule has 0 aromatic carbocycles. The summed E-state index contributed by atoms with van der Waals surface area (Å²) in [5, 5.41) is 11.2. The van der Waals surface area contributed by atoms with Gasteiger partial charge in [0.15, 0.2) is 0 Å². The zero-order valence-corrected chi connectivity index (χ0v) is 9.14. The van der Waals surface area contributed by atoms with Crippen molar-refractivity contribution in [2.75, 3.05) is 6.61 Å². The maximum absolute atomic E-state index is 8.56. The van der Waals surface area contributed by atoms with Crippen molar-refractivity contribution in [3.63, 3.8) is 0 Å². The topological polar surface area (TPSA) is 33.0 Å². The first-order chi connectivity index (χ1) is 6.22. The fraction of sp³-hybridized carbons (Fsp3) is 0.900. The minimum atomic E-state index is 0.389. The van der Waals surface area contributed by atoms with Gasteiger partial charge in [0.2, 0.25) is 0 Å². The third-order valence-electron chi connectivity index (χ3n) is 2.27. The van der Waals surface area contributed by atoms with E-state index in [9.17, 15) is 0 Å². The Balaban J connectivity index is 2.29. The molecule has 2 atom stereocenters. The highest BCUT2D eigenvalue weighted by atomic mass is 32.2. The second-order valence-corrected chi connectivity index (χ2v) is 5.06. The first-order valence-corrected chi connectivity index (χ1v) is 5.76. The summed E-state index contributed by atoms with van der Waals surface area (Å²) in [7, 11) is 0. The second-order valence-electron chi connectivity index (χ2n) is 3.98. The molecule has 1 heterocycles. The van der Waals surface area contributed by atoms with Gasteiger partial charge in [-0.05, 0) is 36.9 Å². The van der Waals surface area contributed by atoms with Gasteiger partial charge in [0.1, 0.15) is 5.40 Å². The molecule has 13 heavy (non-hydrogen) atoms. The number of nitrogens with zero attached hydrogens (tertiary/aromatic N) is 1. The van der Waals surface area contributed by atoms with Crippen molar-refractivity contribution in [1.82, 2.24) is 0 Å². The first-order valence-electron chi connectivity index (χ1n) is 4.88. The van der Waals surface area contributed by atoms with Gasteiger partial charge in [0.25, 0.3) is 0 Å². The summed E-state index contributed by atoms with van der Waals surface area (Å²) in [6.07, 6.45) is 3.60. The van der Waals surface area contributed by atoms with Gasteiger partial charge >= 0.3 is 0 Å². The van der Waals surface area contributed by atoms with E-state index in [1.165, 1.54) is 11.8 Å². The Kier molecular flexibility index (Phi) is 4.61. The molecule has 0 radical (unpaired) electrons. The molecule has 0 aromatic rings. The van der Waals surface area contributed by atoms with Crippen molar-refractivity contribution in [1.29, 1.82) is 5.26 Å². The van der Waals surface area contributed by atoms with Crippen LogP contribution in [-0.2, 0) is 4.74 Å². The van der Waals surface area contributed by atoms with Crippen LogP contribution in [0.25, 0.3) is 0 Å². The minimum Gasteiger partial charge on any atom is -0.378 e. The summed E-state index contributed by atoms with van der Waals surface area (Å²) in [5.74, 6) is 0.691. The number of ether oxygens (including phenoxy) is 1. The molecule has 0 bridgehead atoms. The number of thioether (sulfide) groups is 1. The first kappa shape index (κ1) is 10.9. The summed E-state index contributed by atoms with van der Waals surface area (Å²) >= 11 is 1.41. The Morgan fingerprint density at radius 1 is 1.62 bits per heavy atom. The SMILES string of the molecule is CC(C)C[C@H]1C[C@@H](SC#N)CCO1. The molecule has 2 nitrogen and oxygen atoms in total. The predicted octanol–water partition coefficient (Wildman–Crippen LogP) is 2.79. The van der Waals surface area contributed by atoms with Gasteiger partial charge in [0, 0.05) is 11.9 Å². The van der Waals surface area contributed by atoms with Gasteiger partial charge in [-0.3, -0.25) is 0 Å². The Hall–Kier alpha value is -0.200. The third-order valence-corrected chi connectivity index (χ3v) is 3.14. The van der Waals surface area contributed by atoms with Crippen molar-refractivity contribution in [3.8, 4) is 5.40 Å². The highest BCUT2D eigenvalue weighted by Crippen LogP contribution is 2.27. The molecule has 0 unspecified atom stereocenters. The molecule has 1 rings (SSSR count). The van der Waals surface area contributed by atoms with Crippen molar-refractivity contribution in [2.45, 2.75) is 44.5 Å². The van der Waals surface area contributed by atoms with Crippen LogP contribution in [-0.4, -0.2) is 18.0 Å². The van der Waals surface area contributed by atoms with Crippen LogP contribution in [0.1, 0.15) is 33.1 Å². The van der Waals surface area contributed by atoms with Crippen molar-refractivity contribution >= 4 is 11.8 Å². The van der Waals surface area contributed by atoms with E-state index < -0.39 is 0 Å². The fourth-order valence-corrected chi connectivity index (χ4v) is 2.39. The van der Waals surface area contributed by atoms with E-state index in [0.717, 1.165) is 25.9 Å². The highest BCUT2D eigenvalue weighted by molar-refractivity contribution is 8.04. The number of hydrogen-bond acceptors (Lipinski definition) is 3. The summed E-state index contributed by atoms with van der Waals surface area (Å²) in [6, 6.07) is 0. The van der Waals surface area contributed by atoms with Gasteiger partial charge in [-0.15, -0.1) is 0 Å². The second kappa shape index (κ2) is 5.51. The quantitative estimate of drug-likeness (QED) is 0.655. The van der Waals surface area contributed by atoms with Crippen LogP contribution in [0.3, 0.4) is 0 Å². The average Bonchev–Trinajstić information content (AvgIpc) is 2.04. The van der Waals surface area contributed by atoms with E-state index in [1.807, 2.05) is 0 Å². The van der Waals surface area contributed by atoms with Crippen molar-refractivity contribution in [2.24, 2.45) is 5.92 Å². The number of rotatable bonds is 3. The van der Waals surface area contributed by atoms with Gasteiger partial charge < -0.3 is 4.74 Å². The Bertz CT molecular complexity index is 188. The summed E-state index contributed by atoms with van der Waals surface area (Å²) in [6.45, 7) is 5.26. The van der Waals surface area contributed by atoms with Crippen LogP contribution in [0.15, 0.2) is 0 Å². The molecular formula is C10H17NOS. The van der Waals surface area contributed by atoms with Crippen LogP contribution < -0.4 is 0 Å². The minimum absolute atomic E-state index is 0.389. The Morgan fingerprint density at radius 2 is 2.38 bits per heavy atom. The smallest absolute Gasteiger partial charge is 0.133 e. The van der Waals surface area contributed by atoms with Crippen molar-refractivity contribution < 1.29 is 4.74 Å². The number of nitriles is 1. The zero-order chi connectivity index (χ0) is 9.68. The van der Waals surface area contributed by atoms with E-state index in [4.69, 9.17) is 10.00 Å². The van der Waals surface area contributed by atoms with E-state index in [-0.39, 0.29) is 0 Å². The standard InChI is InChI=1S/C10H17NOS/c1-8(2)5-9-6-10(13-7-11)3-4-12-9/h8-10H,3-6H2,1-2H3/t9-,10-/m0/s1. The Morgan fingerprint density at radius 3 is 3.00 bits per heavy atom. The maximum atomic E-state index is 8.56. The molecule has 1 fully saturated rings. The van der Waals surface area contributed by atoms with Crippen LogP contribution in [0.5, 0.6) is 0 Å². The molecule has 0 spiro atoms. The van der Waals surface area contributed by atoms with E-state index in [1.54, 1.807) is 0 Å². The van der Waals surface area contributed by atoms with Crippen molar-refractivity contribution in [3.05, 3.63) is 0 Å². The number of hydrogen-bond donors (Lipinski definition) is 0. The number of thiocyanates is 1. The molecule has 0 N–H and O–H groups in total. The van der Waals surface area contributed by atoms with Crippen LogP contribution in [0.2, 0.25) is 0 Å². The molecular weight excluding hydrogens is 182 g/mol. The molecule has 74 valence electrons. The lowest BCUT2D eigenvalue weighted by atomic mass is 9.99. The third kappa shape index (κ3) is 4.02. The predicted molar refractivity (Wildman–Crippen MR) is 55.4 cm³/mol. The molecule has 1 saturated heterocycles. The molecule has 3 heteroatoms. The molecule has 1 aliphatic heterocycles. The van der Waals surface area contributed by atoms with Crippen LogP contribution in [0.4, 0.5) is 0 Å². The molecule has 0 aliphatic carbocycles. The average molecular weight is 199 g/mol. The fourth-order valence-electron chi connectivity index (χ4n) is 1.72. The van der Waals surface area contributed by atoms with E-state index >= 15 is 0 Å². The molecule has 1 aliphatic rings. The summed E-state index contributed by atoms with van der Waals surface area (Å²) in [4.78, 5) is 0. The molecule has 0 saturated carbocycles. The zero-order valence-electron chi connectivity index (χ0n) is 8.32. The normalized spacial score (nSPS) is 28.8. The van der Waals surface area contributed by atoms with Crippen LogP contribution in [0, 0.1) is 16.6 Å². The molecule has 0 aromatic heterocycles. The molecule has 0 amide bonds. The van der Waals surface area contributed by atoms with Gasteiger partial charge in [0.05, 0.1) is 6.10 Å². The van der Waals surface area contributed by atoms with Gasteiger partial charge in [-0.25, -0.2) is 0 Å². The summed E-state index contributed by atoms with van der Waals surface area (Å²) < 4.78 is 5.64. The lowest BCUT2D eigenvalue weighted by molar-refractivity contribution is 0.00701. The van der Waals surface area contributed by atoms with Gasteiger partial charge in [-0.1, -0.05) is 13.8 Å². The van der Waals surface area contributed by atoms with Gasteiger partial charge in [-0.2, -0.15) is 5.26 Å². The Labute approximate surface area is 84.6 Å². The lowest BCUT2D eigenvalue weighted by Gasteiger charge is -2.28. The van der Waals surface area contributed by atoms with Crippen LogP contribution >= 0.6 is 11.8 Å². The lowest BCUT2D eigenvalue weighted by Crippen LogP contribution is -2.28. The maximum Gasteiger partial charge on any atom is 0.133 e. The van der Waals surface area contributed by atoms with E-state index in [0.29, 0.717) is 17.3 Å². The largest absolute Gasteiger partial charge is 0.378 e. The van der Waals surface area contributed by atoms with E-state index in [2.05, 4.69) is 19.2 Å².